The number of hydrogen-bond donors (Lipinski definition) is 1. The number of thiocarbonyl (C=S) groups is 1. The summed E-state index contributed by atoms with van der Waals surface area (Å²) in [4.78, 5) is 30.2. The normalized spacial score (nSPS) is 15.8. The lowest BCUT2D eigenvalue weighted by molar-refractivity contribution is -0.384. The van der Waals surface area contributed by atoms with Gasteiger partial charge in [0.1, 0.15) is 11.4 Å². The molecule has 2 aliphatic heterocycles. The molecule has 1 N–H and O–H groups in total. The van der Waals surface area contributed by atoms with E-state index in [1.807, 2.05) is 34.9 Å². The molecule has 0 unspecified atom stereocenters. The second-order valence-corrected chi connectivity index (χ2v) is 10.2. The largest absolute Gasteiger partial charge is 0.451 e. The zero-order valence-electron chi connectivity index (χ0n) is 21.4. The van der Waals surface area contributed by atoms with E-state index in [1.165, 1.54) is 0 Å². The van der Waals surface area contributed by atoms with Crippen molar-refractivity contribution in [3.05, 3.63) is 75.0 Å². The monoisotopic (exact) mass is 569 g/mol. The first kappa shape index (κ1) is 26.9. The number of nitro groups is 1. The van der Waals surface area contributed by atoms with Gasteiger partial charge in [-0.15, -0.1) is 0 Å². The van der Waals surface area contributed by atoms with Crippen molar-refractivity contribution >= 4 is 51.9 Å². The Hall–Kier alpha value is -3.67. The van der Waals surface area contributed by atoms with E-state index in [-0.39, 0.29) is 16.4 Å². The number of aryl methyl sites for hydroxylation is 1. The van der Waals surface area contributed by atoms with Gasteiger partial charge in [0.15, 0.2) is 10.9 Å². The van der Waals surface area contributed by atoms with Crippen LogP contribution in [-0.4, -0.2) is 73.3 Å². The standard InChI is InChI=1S/C27H28ClN5O5S/c1-18-2-3-19(16-21(18)28)24-6-7-25(38-24)26(34)29-27(39)32-10-8-30(9-11-32)20-4-5-22(33(35)36)23(17-20)31-12-14-37-15-13-31/h2-7,16-17H,8-15H2,1H3,(H,29,34,39). The average molecular weight is 570 g/mol. The highest BCUT2D eigenvalue weighted by atomic mass is 35.5. The zero-order valence-corrected chi connectivity index (χ0v) is 23.0. The van der Waals surface area contributed by atoms with Crippen LogP contribution in [0.15, 0.2) is 52.9 Å². The molecule has 39 heavy (non-hydrogen) atoms. The van der Waals surface area contributed by atoms with Crippen LogP contribution in [0.3, 0.4) is 0 Å². The molecule has 3 aromatic rings. The average Bonchev–Trinajstić information content (AvgIpc) is 3.45. The van der Waals surface area contributed by atoms with Gasteiger partial charge >= 0.3 is 0 Å². The quantitative estimate of drug-likeness (QED) is 0.270. The number of carbonyl (C=O) groups is 1. The van der Waals surface area contributed by atoms with E-state index in [0.29, 0.717) is 74.1 Å². The number of morpholine rings is 1. The molecule has 0 spiro atoms. The van der Waals surface area contributed by atoms with Crippen molar-refractivity contribution in [1.29, 1.82) is 0 Å². The van der Waals surface area contributed by atoms with Crippen LogP contribution < -0.4 is 15.1 Å². The van der Waals surface area contributed by atoms with Crippen LogP contribution in [0, 0.1) is 17.0 Å². The van der Waals surface area contributed by atoms with Crippen LogP contribution in [0.5, 0.6) is 0 Å². The second-order valence-electron chi connectivity index (χ2n) is 9.39. The Morgan fingerprint density at radius 2 is 1.74 bits per heavy atom. The highest BCUT2D eigenvalue weighted by Gasteiger charge is 2.26. The van der Waals surface area contributed by atoms with E-state index in [9.17, 15) is 14.9 Å². The third-order valence-corrected chi connectivity index (χ3v) is 7.71. The fourth-order valence-electron chi connectivity index (χ4n) is 4.69. The van der Waals surface area contributed by atoms with Gasteiger partial charge in [0, 0.05) is 61.6 Å². The first-order valence-electron chi connectivity index (χ1n) is 12.6. The molecule has 0 atom stereocenters. The number of amides is 1. The number of nitrogens with one attached hydrogen (secondary N) is 1. The summed E-state index contributed by atoms with van der Waals surface area (Å²) in [5.41, 5.74) is 3.36. The maximum atomic E-state index is 12.8. The van der Waals surface area contributed by atoms with E-state index in [2.05, 4.69) is 10.2 Å². The van der Waals surface area contributed by atoms with Crippen molar-refractivity contribution in [3.63, 3.8) is 0 Å². The molecular weight excluding hydrogens is 542 g/mol. The number of carbonyl (C=O) groups excluding carboxylic acids is 1. The van der Waals surface area contributed by atoms with Gasteiger partial charge < -0.3 is 23.9 Å². The summed E-state index contributed by atoms with van der Waals surface area (Å²) in [6, 6.07) is 14.2. The topological polar surface area (TPSA) is 104 Å². The number of halogens is 1. The summed E-state index contributed by atoms with van der Waals surface area (Å²) in [6.45, 7) is 6.71. The number of nitro benzene ring substituents is 1. The molecule has 5 rings (SSSR count). The molecule has 0 bridgehead atoms. The Balaban J connectivity index is 1.19. The van der Waals surface area contributed by atoms with Gasteiger partial charge in [-0.05, 0) is 55.0 Å². The fraction of sp³-hybridized carbons (Fsp3) is 0.333. The van der Waals surface area contributed by atoms with Gasteiger partial charge in [-0.25, -0.2) is 0 Å². The van der Waals surface area contributed by atoms with Crippen LogP contribution in [0.4, 0.5) is 17.1 Å². The molecule has 0 radical (unpaired) electrons. The molecule has 10 nitrogen and oxygen atoms in total. The first-order valence-corrected chi connectivity index (χ1v) is 13.4. The molecule has 1 amide bonds. The number of ether oxygens (including phenoxy) is 1. The first-order chi connectivity index (χ1) is 18.8. The molecule has 2 aromatic carbocycles. The smallest absolute Gasteiger partial charge is 0.293 e. The molecule has 1 aromatic heterocycles. The Morgan fingerprint density at radius 3 is 2.44 bits per heavy atom. The van der Waals surface area contributed by atoms with Crippen molar-refractivity contribution in [2.24, 2.45) is 0 Å². The summed E-state index contributed by atoms with van der Waals surface area (Å²) >= 11 is 11.7. The van der Waals surface area contributed by atoms with Crippen LogP contribution in [0.2, 0.25) is 5.02 Å². The number of piperazine rings is 1. The maximum Gasteiger partial charge on any atom is 0.293 e. The summed E-state index contributed by atoms with van der Waals surface area (Å²) in [7, 11) is 0. The van der Waals surface area contributed by atoms with Crippen LogP contribution in [0.1, 0.15) is 16.1 Å². The van der Waals surface area contributed by atoms with Crippen LogP contribution in [0.25, 0.3) is 11.3 Å². The Bertz CT molecular complexity index is 1400. The predicted octanol–water partition coefficient (Wildman–Crippen LogP) is 4.49. The number of furan rings is 1. The molecule has 0 aliphatic carbocycles. The molecule has 2 saturated heterocycles. The highest BCUT2D eigenvalue weighted by Crippen LogP contribution is 2.33. The summed E-state index contributed by atoms with van der Waals surface area (Å²) in [6.07, 6.45) is 0. The molecular formula is C27H28ClN5O5S. The number of anilines is 2. The van der Waals surface area contributed by atoms with Gasteiger partial charge in [0.2, 0.25) is 0 Å². The summed E-state index contributed by atoms with van der Waals surface area (Å²) < 4.78 is 11.2. The van der Waals surface area contributed by atoms with E-state index in [1.54, 1.807) is 30.3 Å². The minimum Gasteiger partial charge on any atom is -0.451 e. The van der Waals surface area contributed by atoms with Crippen molar-refractivity contribution in [3.8, 4) is 11.3 Å². The van der Waals surface area contributed by atoms with Gasteiger partial charge in [0.25, 0.3) is 11.6 Å². The number of rotatable bonds is 5. The van der Waals surface area contributed by atoms with Crippen LogP contribution >= 0.6 is 23.8 Å². The number of nitrogens with zero attached hydrogens (tertiary/aromatic N) is 4. The second kappa shape index (κ2) is 11.6. The van der Waals surface area contributed by atoms with Crippen molar-refractivity contribution in [1.82, 2.24) is 10.2 Å². The molecule has 2 aliphatic rings. The zero-order chi connectivity index (χ0) is 27.5. The lowest BCUT2D eigenvalue weighted by Gasteiger charge is -2.37. The third kappa shape index (κ3) is 6.00. The summed E-state index contributed by atoms with van der Waals surface area (Å²) in [5.74, 6) is 0.280. The summed E-state index contributed by atoms with van der Waals surface area (Å²) in [5, 5.41) is 15.3. The number of benzene rings is 2. The van der Waals surface area contributed by atoms with Crippen molar-refractivity contribution in [2.75, 3.05) is 62.3 Å². The van der Waals surface area contributed by atoms with E-state index < -0.39 is 5.91 Å². The lowest BCUT2D eigenvalue weighted by atomic mass is 10.1. The van der Waals surface area contributed by atoms with Crippen molar-refractivity contribution < 1.29 is 18.9 Å². The predicted molar refractivity (Wildman–Crippen MR) is 154 cm³/mol. The Morgan fingerprint density at radius 1 is 1.00 bits per heavy atom. The van der Waals surface area contributed by atoms with E-state index in [4.69, 9.17) is 33.0 Å². The van der Waals surface area contributed by atoms with Gasteiger partial charge in [-0.3, -0.25) is 20.2 Å². The minimum atomic E-state index is -0.419. The lowest BCUT2D eigenvalue weighted by Crippen LogP contribution is -2.52. The fourth-order valence-corrected chi connectivity index (χ4v) is 5.14. The van der Waals surface area contributed by atoms with E-state index in [0.717, 1.165) is 16.8 Å². The molecule has 2 fully saturated rings. The molecule has 3 heterocycles. The third-order valence-electron chi connectivity index (χ3n) is 6.95. The Labute approximate surface area is 236 Å². The van der Waals surface area contributed by atoms with Crippen LogP contribution in [-0.2, 0) is 4.74 Å². The van der Waals surface area contributed by atoms with Gasteiger partial charge in [0.05, 0.1) is 18.1 Å². The molecule has 12 heteroatoms. The Kier molecular flexibility index (Phi) is 8.01. The minimum absolute atomic E-state index is 0.0923. The van der Waals surface area contributed by atoms with Gasteiger partial charge in [-0.2, -0.15) is 0 Å². The van der Waals surface area contributed by atoms with Gasteiger partial charge in [-0.1, -0.05) is 23.7 Å². The molecule has 204 valence electrons. The van der Waals surface area contributed by atoms with E-state index >= 15 is 0 Å². The highest BCUT2D eigenvalue weighted by molar-refractivity contribution is 7.80. The molecule has 0 saturated carbocycles. The number of hydrogen-bond acceptors (Lipinski definition) is 8. The maximum absolute atomic E-state index is 12.8. The SMILES string of the molecule is Cc1ccc(-c2ccc(C(=O)NC(=S)N3CCN(c4ccc([N+](=O)[O-])c(N5CCOCC5)c4)CC3)o2)cc1Cl. The van der Waals surface area contributed by atoms with Crippen molar-refractivity contribution in [2.45, 2.75) is 6.92 Å².